The average molecular weight is 1350 g/mol. The Morgan fingerprint density at radius 3 is 0.758 bits per heavy atom. The minimum atomic E-state index is -0.236. The van der Waals surface area contributed by atoms with Crippen molar-refractivity contribution in [2.45, 2.75) is 173 Å². The third-order valence-corrected chi connectivity index (χ3v) is 22.2. The van der Waals surface area contributed by atoms with Crippen molar-refractivity contribution < 1.29 is 28.6 Å². The van der Waals surface area contributed by atoms with E-state index in [0.29, 0.717) is 83.3 Å². The highest BCUT2D eigenvalue weighted by molar-refractivity contribution is 5.75. The zero-order valence-electron chi connectivity index (χ0n) is 59.1. The van der Waals surface area contributed by atoms with Crippen LogP contribution in [0.4, 0.5) is 31.4 Å². The average Bonchev–Trinajstić information content (AvgIpc) is 0.823. The predicted octanol–water partition coefficient (Wildman–Crippen LogP) is 12.4. The SMILES string of the molecule is CCOC(=O)N1CCN(c2cc3ccc2CN[C@@H]2CCCC[C@H]2NCc2ccc(cc2)-c2ccc(c(N4CCN(C(=O)OCC)CC4)c2)CN[C@@H]2CCCC[C@H]2NCc2ccc(cc2N2CCN(C(=O)OCC)CC2)-c2ccc(cc2)CN[C@@H]2CCCC[C@H]2NCc2ccc-3cc2)CC1. The number of amides is 3. The zero-order chi connectivity index (χ0) is 67.9. The monoisotopic (exact) mass is 1340 g/mol. The van der Waals surface area contributed by atoms with Crippen molar-refractivity contribution >= 4 is 35.3 Å². The van der Waals surface area contributed by atoms with Crippen LogP contribution >= 0.6 is 0 Å². The van der Waals surface area contributed by atoms with Crippen molar-refractivity contribution in [1.82, 2.24) is 46.6 Å². The normalized spacial score (nSPS) is 23.2. The summed E-state index contributed by atoms with van der Waals surface area (Å²) in [7, 11) is 0. The Bertz CT molecular complexity index is 3610. The maximum Gasteiger partial charge on any atom is 0.409 e. The highest BCUT2D eigenvalue weighted by atomic mass is 16.6. The number of hydrogen-bond donors (Lipinski definition) is 6. The lowest BCUT2D eigenvalue weighted by Gasteiger charge is -2.38. The zero-order valence-corrected chi connectivity index (χ0v) is 59.1. The standard InChI is InChI=1S/C81H108N12O6/c1-4-97-79(94)91-43-37-88(38-44-91)76-49-64-31-34-67(76)55-85-73-16-10-9-15-72(73)84-54-60-23-29-63(30-24-60)66-33-36-69(78(51-66)90-41-47-93(48-42-90)81(96)99-6-3)57-87-75-18-12-11-17-74(75)86-56-68-35-32-65(50-77(68)89-39-45-92(46-40-89)80(95)98-5-2)62-27-21-59(22-28-62)53-83-71-14-8-7-13-70(71)82-52-58-19-25-61(64)26-20-58/h19-36,49-51,70-75,82-87H,4-18,37-48,52-57H2,1-3H3/t70-,71-,72-,73-,74-,75-/m1/s1. The number of benzene rings is 6. The summed E-state index contributed by atoms with van der Waals surface area (Å²) in [5.41, 5.74) is 18.4. The Morgan fingerprint density at radius 2 is 0.525 bits per heavy atom. The molecule has 18 heteroatoms. The number of nitrogens with one attached hydrogen (secondary N) is 6. The van der Waals surface area contributed by atoms with E-state index < -0.39 is 0 Å². The van der Waals surface area contributed by atoms with Gasteiger partial charge in [-0.05, 0) is 144 Å². The van der Waals surface area contributed by atoms with Crippen LogP contribution in [-0.4, -0.2) is 168 Å². The van der Waals surface area contributed by atoms with Gasteiger partial charge in [-0.3, -0.25) is 0 Å². The maximum atomic E-state index is 12.9. The quantitative estimate of drug-likeness (QED) is 0.0870. The number of nitrogens with zero attached hydrogens (tertiary/aromatic N) is 6. The van der Waals surface area contributed by atoms with Crippen LogP contribution in [0.3, 0.4) is 0 Å². The number of ether oxygens (including phenoxy) is 3. The van der Waals surface area contributed by atoms with Crippen molar-refractivity contribution in [3.63, 3.8) is 0 Å². The summed E-state index contributed by atoms with van der Waals surface area (Å²) in [5.74, 6) is 0. The molecule has 6 N–H and O–H groups in total. The summed E-state index contributed by atoms with van der Waals surface area (Å²) in [5, 5.41) is 24.3. The minimum Gasteiger partial charge on any atom is -0.450 e. The fraction of sp³-hybridized carbons (Fsp3) is 0.519. The van der Waals surface area contributed by atoms with Crippen molar-refractivity contribution in [3.05, 3.63) is 161 Å². The lowest BCUT2D eigenvalue weighted by Crippen LogP contribution is -2.50. The molecule has 3 amide bonds. The summed E-state index contributed by atoms with van der Waals surface area (Å²) in [6, 6.07) is 50.5. The van der Waals surface area contributed by atoms with Crippen LogP contribution < -0.4 is 46.6 Å². The Balaban J connectivity index is 0.777. The molecule has 528 valence electrons. The first-order valence-corrected chi connectivity index (χ1v) is 37.7. The Labute approximate surface area is 588 Å². The number of hydrogen-bond acceptors (Lipinski definition) is 15. The summed E-state index contributed by atoms with van der Waals surface area (Å²) in [4.78, 5) is 51.7. The van der Waals surface area contributed by atoms with E-state index in [1.807, 2.05) is 35.5 Å². The van der Waals surface area contributed by atoms with Gasteiger partial charge in [0, 0.05) is 171 Å². The van der Waals surface area contributed by atoms with Gasteiger partial charge in [0.1, 0.15) is 0 Å². The van der Waals surface area contributed by atoms with Gasteiger partial charge in [-0.1, -0.05) is 148 Å². The van der Waals surface area contributed by atoms with Crippen molar-refractivity contribution in [2.75, 3.05) is 113 Å². The van der Waals surface area contributed by atoms with Gasteiger partial charge in [0.25, 0.3) is 0 Å². The molecule has 99 heavy (non-hydrogen) atoms. The lowest BCUT2D eigenvalue weighted by molar-refractivity contribution is 0.104. The van der Waals surface area contributed by atoms with Crippen molar-refractivity contribution in [3.8, 4) is 33.4 Å². The molecule has 3 saturated heterocycles. The van der Waals surface area contributed by atoms with E-state index >= 15 is 0 Å². The summed E-state index contributed by atoms with van der Waals surface area (Å²) in [6.07, 6.45) is 13.3. The van der Waals surface area contributed by atoms with E-state index in [1.54, 1.807) is 0 Å². The van der Waals surface area contributed by atoms with Crippen molar-refractivity contribution in [1.29, 1.82) is 0 Å². The van der Waals surface area contributed by atoms with Crippen LogP contribution in [0.5, 0.6) is 0 Å². The second-order valence-corrected chi connectivity index (χ2v) is 28.4. The number of anilines is 3. The molecule has 0 unspecified atom stereocenters. The highest BCUT2D eigenvalue weighted by Crippen LogP contribution is 2.36. The van der Waals surface area contributed by atoms with E-state index in [1.165, 1.54) is 122 Å². The van der Waals surface area contributed by atoms with Gasteiger partial charge in [-0.25, -0.2) is 14.4 Å². The molecule has 6 atom stereocenters. The van der Waals surface area contributed by atoms with Gasteiger partial charge in [0.05, 0.1) is 19.8 Å². The Kier molecular flexibility index (Phi) is 24.0. The Morgan fingerprint density at radius 1 is 0.303 bits per heavy atom. The van der Waals surface area contributed by atoms with Crippen LogP contribution in [0.25, 0.3) is 33.4 Å². The van der Waals surface area contributed by atoms with Gasteiger partial charge in [-0.15, -0.1) is 0 Å². The molecule has 24 rings (SSSR count). The Hall–Kier alpha value is -7.71. The van der Waals surface area contributed by atoms with Crippen LogP contribution in [0, 0.1) is 0 Å². The van der Waals surface area contributed by atoms with E-state index in [-0.39, 0.29) is 30.4 Å². The topological polar surface area (TPSA) is 171 Å². The molecule has 0 aromatic heterocycles. The van der Waals surface area contributed by atoms with Crippen LogP contribution in [-0.2, 0) is 53.5 Å². The van der Waals surface area contributed by atoms with Crippen molar-refractivity contribution in [2.24, 2.45) is 0 Å². The van der Waals surface area contributed by atoms with E-state index in [9.17, 15) is 14.4 Å². The summed E-state index contributed by atoms with van der Waals surface area (Å²) >= 11 is 0. The molecule has 6 fully saturated rings. The molecule has 12 bridgehead atoms. The number of carbonyl (C=O) groups is 3. The van der Waals surface area contributed by atoms with Gasteiger partial charge >= 0.3 is 18.3 Å². The third-order valence-electron chi connectivity index (χ3n) is 22.2. The van der Waals surface area contributed by atoms with Gasteiger partial charge in [0.15, 0.2) is 0 Å². The summed E-state index contributed by atoms with van der Waals surface area (Å²) < 4.78 is 16.3. The molecule has 0 spiro atoms. The first kappa shape index (κ1) is 69.8. The largest absolute Gasteiger partial charge is 0.450 e. The van der Waals surface area contributed by atoms with E-state index in [4.69, 9.17) is 14.2 Å². The molecule has 15 heterocycles. The molecule has 18 nitrogen and oxygen atoms in total. The first-order chi connectivity index (χ1) is 48.6. The van der Waals surface area contributed by atoms with Crippen LogP contribution in [0.2, 0.25) is 0 Å². The highest BCUT2D eigenvalue weighted by Gasteiger charge is 2.32. The summed E-state index contributed by atoms with van der Waals surface area (Å²) in [6.45, 7) is 19.4. The molecule has 15 aliphatic heterocycles. The van der Waals surface area contributed by atoms with Gasteiger partial charge < -0.3 is 75.5 Å². The molecular formula is C81H108N12O6. The molecule has 3 aliphatic carbocycles. The van der Waals surface area contributed by atoms with Crippen LogP contribution in [0.1, 0.15) is 131 Å². The minimum absolute atomic E-state index is 0.228. The first-order valence-electron chi connectivity index (χ1n) is 37.7. The fourth-order valence-corrected chi connectivity index (χ4v) is 16.4. The molecule has 18 aliphatic rings. The molecule has 3 saturated carbocycles. The van der Waals surface area contributed by atoms with Gasteiger partial charge in [0.2, 0.25) is 0 Å². The molecule has 6 aromatic rings. The second-order valence-electron chi connectivity index (χ2n) is 28.4. The smallest absolute Gasteiger partial charge is 0.409 e. The number of piperazine rings is 3. The number of rotatable bonds is 6. The third kappa shape index (κ3) is 17.7. The fourth-order valence-electron chi connectivity index (χ4n) is 16.4. The number of carbonyl (C=O) groups excluding carboxylic acids is 3. The van der Waals surface area contributed by atoms with Gasteiger partial charge in [-0.2, -0.15) is 0 Å². The van der Waals surface area contributed by atoms with E-state index in [2.05, 4.69) is 174 Å². The lowest BCUT2D eigenvalue weighted by atomic mass is 9.89. The van der Waals surface area contributed by atoms with Crippen LogP contribution in [0.15, 0.2) is 127 Å². The molecule has 6 aromatic carbocycles. The maximum absolute atomic E-state index is 12.9. The van der Waals surface area contributed by atoms with E-state index in [0.717, 1.165) is 117 Å². The predicted molar refractivity (Wildman–Crippen MR) is 397 cm³/mol. The molecular weight excluding hydrogens is 1240 g/mol. The molecule has 0 radical (unpaired) electrons. The second kappa shape index (κ2) is 34.1.